The van der Waals surface area contributed by atoms with Gasteiger partial charge in [0.25, 0.3) is 5.91 Å². The highest BCUT2D eigenvalue weighted by Gasteiger charge is 2.03. The minimum atomic E-state index is -0.283. The summed E-state index contributed by atoms with van der Waals surface area (Å²) in [5, 5.41) is 11.3. The van der Waals surface area contributed by atoms with Crippen LogP contribution >= 0.6 is 0 Å². The topological polar surface area (TPSA) is 80.7 Å². The molecule has 1 aromatic heterocycles. The van der Waals surface area contributed by atoms with Crippen LogP contribution in [-0.4, -0.2) is 49.5 Å². The highest BCUT2D eigenvalue weighted by Crippen LogP contribution is 2.05. The standard InChI is InChI=1S/C14H18N2O4/c1-19-8-9-20-11-14(18)16-13-10-12(5-6-15-13)4-2-3-7-17/h5-6,10,17H,3,7-9,11H2,1H3,(H,15,16,18). The normalized spacial score (nSPS) is 9.70. The number of aliphatic hydroxyl groups excluding tert-OH is 1. The molecule has 20 heavy (non-hydrogen) atoms. The fourth-order valence-corrected chi connectivity index (χ4v) is 1.28. The van der Waals surface area contributed by atoms with Crippen molar-refractivity contribution >= 4 is 11.7 Å². The first-order chi connectivity index (χ1) is 9.76. The molecule has 6 heteroatoms. The molecule has 0 unspecified atom stereocenters. The van der Waals surface area contributed by atoms with Crippen molar-refractivity contribution < 1.29 is 19.4 Å². The van der Waals surface area contributed by atoms with Crippen molar-refractivity contribution in [2.75, 3.05) is 38.9 Å². The van der Waals surface area contributed by atoms with Crippen molar-refractivity contribution in [2.45, 2.75) is 6.42 Å². The monoisotopic (exact) mass is 278 g/mol. The van der Waals surface area contributed by atoms with E-state index in [2.05, 4.69) is 22.1 Å². The van der Waals surface area contributed by atoms with Crippen molar-refractivity contribution in [3.63, 3.8) is 0 Å². The summed E-state index contributed by atoms with van der Waals surface area (Å²) in [5.74, 6) is 5.81. The first-order valence-corrected chi connectivity index (χ1v) is 6.18. The lowest BCUT2D eigenvalue weighted by atomic mass is 10.2. The van der Waals surface area contributed by atoms with E-state index in [1.807, 2.05) is 0 Å². The fourth-order valence-electron chi connectivity index (χ4n) is 1.28. The summed E-state index contributed by atoms with van der Waals surface area (Å²) >= 11 is 0. The number of amides is 1. The van der Waals surface area contributed by atoms with Gasteiger partial charge >= 0.3 is 0 Å². The third-order valence-electron chi connectivity index (χ3n) is 2.16. The lowest BCUT2D eigenvalue weighted by Crippen LogP contribution is -2.20. The third kappa shape index (κ3) is 6.85. The second kappa shape index (κ2) is 9.92. The molecule has 0 spiro atoms. The number of methoxy groups -OCH3 is 1. The lowest BCUT2D eigenvalue weighted by molar-refractivity contribution is -0.121. The van der Waals surface area contributed by atoms with Crippen LogP contribution in [0.15, 0.2) is 18.3 Å². The van der Waals surface area contributed by atoms with E-state index in [0.717, 1.165) is 5.56 Å². The van der Waals surface area contributed by atoms with E-state index >= 15 is 0 Å². The Morgan fingerprint density at radius 1 is 1.50 bits per heavy atom. The van der Waals surface area contributed by atoms with E-state index in [0.29, 0.717) is 25.5 Å². The lowest BCUT2D eigenvalue weighted by Gasteiger charge is -2.05. The summed E-state index contributed by atoms with van der Waals surface area (Å²) in [6.45, 7) is 0.789. The minimum Gasteiger partial charge on any atom is -0.395 e. The molecule has 0 aliphatic carbocycles. The second-order valence-corrected chi connectivity index (χ2v) is 3.80. The highest BCUT2D eigenvalue weighted by atomic mass is 16.5. The van der Waals surface area contributed by atoms with Gasteiger partial charge in [0.2, 0.25) is 0 Å². The molecule has 0 saturated carbocycles. The Morgan fingerprint density at radius 3 is 3.10 bits per heavy atom. The van der Waals surface area contributed by atoms with Crippen LogP contribution in [0.5, 0.6) is 0 Å². The van der Waals surface area contributed by atoms with Crippen LogP contribution in [0.1, 0.15) is 12.0 Å². The number of anilines is 1. The van der Waals surface area contributed by atoms with Gasteiger partial charge in [0.05, 0.1) is 19.8 Å². The molecule has 0 atom stereocenters. The molecule has 0 saturated heterocycles. The van der Waals surface area contributed by atoms with Crippen LogP contribution in [0, 0.1) is 11.8 Å². The predicted molar refractivity (Wildman–Crippen MR) is 74.1 cm³/mol. The van der Waals surface area contributed by atoms with Gasteiger partial charge in [-0.2, -0.15) is 0 Å². The molecule has 1 heterocycles. The van der Waals surface area contributed by atoms with Gasteiger partial charge in [-0.3, -0.25) is 4.79 Å². The maximum absolute atomic E-state index is 11.6. The maximum atomic E-state index is 11.6. The first-order valence-electron chi connectivity index (χ1n) is 6.18. The molecule has 1 aromatic rings. The van der Waals surface area contributed by atoms with Gasteiger partial charge in [0, 0.05) is 25.3 Å². The molecule has 108 valence electrons. The van der Waals surface area contributed by atoms with Gasteiger partial charge in [-0.15, -0.1) is 0 Å². The average Bonchev–Trinajstić information content (AvgIpc) is 2.44. The highest BCUT2D eigenvalue weighted by molar-refractivity contribution is 5.90. The molecule has 1 amide bonds. The number of aliphatic hydroxyl groups is 1. The van der Waals surface area contributed by atoms with E-state index in [-0.39, 0.29) is 19.1 Å². The first kappa shape index (κ1) is 16.1. The minimum absolute atomic E-state index is 0.0283. The number of rotatable bonds is 7. The molecule has 2 N–H and O–H groups in total. The predicted octanol–water partition coefficient (Wildman–Crippen LogP) is 0.417. The van der Waals surface area contributed by atoms with Gasteiger partial charge in [-0.05, 0) is 12.1 Å². The molecule has 0 aliphatic heterocycles. The van der Waals surface area contributed by atoms with Crippen LogP contribution in [-0.2, 0) is 14.3 Å². The van der Waals surface area contributed by atoms with Crippen molar-refractivity contribution in [1.82, 2.24) is 4.98 Å². The van der Waals surface area contributed by atoms with Crippen molar-refractivity contribution in [3.8, 4) is 11.8 Å². The summed E-state index contributed by atoms with van der Waals surface area (Å²) < 4.78 is 9.90. The number of carbonyl (C=O) groups is 1. The maximum Gasteiger partial charge on any atom is 0.251 e. The van der Waals surface area contributed by atoms with Crippen LogP contribution in [0.25, 0.3) is 0 Å². The quantitative estimate of drug-likeness (QED) is 0.558. The molecule has 1 rings (SSSR count). The zero-order valence-corrected chi connectivity index (χ0v) is 11.4. The number of nitrogens with zero attached hydrogens (tertiary/aromatic N) is 1. The van der Waals surface area contributed by atoms with Crippen molar-refractivity contribution in [3.05, 3.63) is 23.9 Å². The summed E-state index contributed by atoms with van der Waals surface area (Å²) in [7, 11) is 1.57. The zero-order valence-electron chi connectivity index (χ0n) is 11.4. The van der Waals surface area contributed by atoms with Gasteiger partial charge in [0.1, 0.15) is 12.4 Å². The van der Waals surface area contributed by atoms with Gasteiger partial charge in [0.15, 0.2) is 0 Å². The number of aromatic nitrogens is 1. The van der Waals surface area contributed by atoms with Gasteiger partial charge in [-0.25, -0.2) is 4.98 Å². The Hall–Kier alpha value is -1.94. The van der Waals surface area contributed by atoms with E-state index < -0.39 is 0 Å². The van der Waals surface area contributed by atoms with Crippen molar-refractivity contribution in [1.29, 1.82) is 0 Å². The summed E-state index contributed by atoms with van der Waals surface area (Å²) in [6.07, 6.45) is 1.97. The number of ether oxygens (including phenoxy) is 2. The van der Waals surface area contributed by atoms with Crippen LogP contribution in [0.3, 0.4) is 0 Å². The van der Waals surface area contributed by atoms with Crippen LogP contribution in [0.4, 0.5) is 5.82 Å². The molecule has 6 nitrogen and oxygen atoms in total. The average molecular weight is 278 g/mol. The van der Waals surface area contributed by atoms with Gasteiger partial charge < -0.3 is 19.9 Å². The molecule has 0 fully saturated rings. The van der Waals surface area contributed by atoms with Crippen LogP contribution < -0.4 is 5.32 Å². The van der Waals surface area contributed by atoms with E-state index in [1.54, 1.807) is 25.4 Å². The fraction of sp³-hybridized carbons (Fsp3) is 0.429. The molecular weight excluding hydrogens is 260 g/mol. The third-order valence-corrected chi connectivity index (χ3v) is 2.16. The molecule has 0 aromatic carbocycles. The smallest absolute Gasteiger partial charge is 0.251 e. The molecule has 0 radical (unpaired) electrons. The molecule has 0 bridgehead atoms. The van der Waals surface area contributed by atoms with E-state index in [9.17, 15) is 4.79 Å². The zero-order chi connectivity index (χ0) is 14.6. The Morgan fingerprint density at radius 2 is 2.35 bits per heavy atom. The number of nitrogens with one attached hydrogen (secondary N) is 1. The number of hydrogen-bond acceptors (Lipinski definition) is 5. The second-order valence-electron chi connectivity index (χ2n) is 3.80. The summed E-state index contributed by atoms with van der Waals surface area (Å²) in [6, 6.07) is 3.40. The Balaban J connectivity index is 2.45. The Bertz CT molecular complexity index is 480. The summed E-state index contributed by atoms with van der Waals surface area (Å²) in [4.78, 5) is 15.6. The number of hydrogen-bond donors (Lipinski definition) is 2. The van der Waals surface area contributed by atoms with E-state index in [4.69, 9.17) is 14.6 Å². The molecular formula is C14H18N2O4. The largest absolute Gasteiger partial charge is 0.395 e. The Labute approximate surface area is 118 Å². The SMILES string of the molecule is COCCOCC(=O)Nc1cc(C#CCCO)ccn1. The Kier molecular flexibility index (Phi) is 7.99. The van der Waals surface area contributed by atoms with Gasteiger partial charge in [-0.1, -0.05) is 11.8 Å². The number of pyridine rings is 1. The van der Waals surface area contributed by atoms with Crippen LogP contribution in [0.2, 0.25) is 0 Å². The van der Waals surface area contributed by atoms with E-state index in [1.165, 1.54) is 0 Å². The van der Waals surface area contributed by atoms with Crippen molar-refractivity contribution in [2.24, 2.45) is 0 Å². The molecule has 0 aliphatic rings. The number of carbonyl (C=O) groups excluding carboxylic acids is 1. The summed E-state index contributed by atoms with van der Waals surface area (Å²) in [5.41, 5.74) is 0.726.